The summed E-state index contributed by atoms with van der Waals surface area (Å²) in [7, 11) is 0. The maximum atomic E-state index is 12.5. The molecule has 10 nitrogen and oxygen atoms in total. The zero-order valence-corrected chi connectivity index (χ0v) is 16.2. The number of hydrogen-bond donors (Lipinski definition) is 2. The van der Waals surface area contributed by atoms with Crippen molar-refractivity contribution in [2.45, 2.75) is 6.92 Å². The highest BCUT2D eigenvalue weighted by Gasteiger charge is 2.23. The molecule has 0 aliphatic rings. The molecule has 2 N–H and O–H groups in total. The standard InChI is InChI=1S/C21H16N4O6/c1-13-5-2-3-8-18(13)21(27)23-16-7-4-6-15(10-16)22-12-14-9-17(24(28)29)11-19(20(14)26)25(30)31/h2-12,26H,1H3,(H,23,27). The predicted molar refractivity (Wildman–Crippen MR) is 114 cm³/mol. The molecule has 0 fully saturated rings. The summed E-state index contributed by atoms with van der Waals surface area (Å²) in [6.45, 7) is 1.82. The number of rotatable bonds is 6. The molecule has 156 valence electrons. The van der Waals surface area contributed by atoms with Crippen LogP contribution < -0.4 is 5.32 Å². The van der Waals surface area contributed by atoms with Gasteiger partial charge in [-0.2, -0.15) is 0 Å². The lowest BCUT2D eigenvalue weighted by molar-refractivity contribution is -0.394. The van der Waals surface area contributed by atoms with Gasteiger partial charge in [0.05, 0.1) is 21.6 Å². The third kappa shape index (κ3) is 4.88. The van der Waals surface area contributed by atoms with Crippen molar-refractivity contribution in [3.05, 3.63) is 97.6 Å². The summed E-state index contributed by atoms with van der Waals surface area (Å²) < 4.78 is 0. The summed E-state index contributed by atoms with van der Waals surface area (Å²) in [6.07, 6.45) is 1.08. The summed E-state index contributed by atoms with van der Waals surface area (Å²) in [4.78, 5) is 36.9. The van der Waals surface area contributed by atoms with E-state index in [2.05, 4.69) is 10.3 Å². The van der Waals surface area contributed by atoms with Gasteiger partial charge in [-0.05, 0) is 36.8 Å². The Morgan fingerprint density at radius 3 is 2.45 bits per heavy atom. The molecule has 0 spiro atoms. The number of carbonyl (C=O) groups is 1. The Labute approximate surface area is 175 Å². The van der Waals surface area contributed by atoms with Gasteiger partial charge in [-0.25, -0.2) is 0 Å². The van der Waals surface area contributed by atoms with Crippen molar-refractivity contribution < 1.29 is 19.7 Å². The molecular weight excluding hydrogens is 404 g/mol. The Kier molecular flexibility index (Phi) is 6.01. The summed E-state index contributed by atoms with van der Waals surface area (Å²) in [5.74, 6) is -1.03. The van der Waals surface area contributed by atoms with E-state index in [1.807, 2.05) is 19.1 Å². The second kappa shape index (κ2) is 8.82. The molecule has 0 atom stereocenters. The number of nitrogens with one attached hydrogen (secondary N) is 1. The van der Waals surface area contributed by atoms with E-state index in [-0.39, 0.29) is 11.5 Å². The van der Waals surface area contributed by atoms with Crippen LogP contribution in [-0.4, -0.2) is 27.1 Å². The van der Waals surface area contributed by atoms with E-state index < -0.39 is 27.0 Å². The van der Waals surface area contributed by atoms with Gasteiger partial charge in [0, 0.05) is 29.1 Å². The van der Waals surface area contributed by atoms with Gasteiger partial charge in [0.15, 0.2) is 0 Å². The molecule has 31 heavy (non-hydrogen) atoms. The first-order valence-electron chi connectivity index (χ1n) is 8.93. The van der Waals surface area contributed by atoms with Gasteiger partial charge in [0.1, 0.15) is 0 Å². The number of aliphatic imine (C=N–C) groups is 1. The van der Waals surface area contributed by atoms with Crippen molar-refractivity contribution >= 4 is 34.9 Å². The largest absolute Gasteiger partial charge is 0.502 e. The summed E-state index contributed by atoms with van der Waals surface area (Å²) in [5, 5.41) is 34.9. The van der Waals surface area contributed by atoms with E-state index in [0.29, 0.717) is 23.0 Å². The molecule has 10 heteroatoms. The molecule has 0 saturated carbocycles. The minimum absolute atomic E-state index is 0.185. The van der Waals surface area contributed by atoms with Crippen molar-refractivity contribution in [1.29, 1.82) is 0 Å². The number of phenols is 1. The number of aryl methyl sites for hydroxylation is 1. The number of carbonyl (C=O) groups excluding carboxylic acids is 1. The molecule has 0 radical (unpaired) electrons. The zero-order valence-electron chi connectivity index (χ0n) is 16.2. The minimum Gasteiger partial charge on any atom is -0.502 e. The molecule has 1 amide bonds. The van der Waals surface area contributed by atoms with Crippen molar-refractivity contribution in [1.82, 2.24) is 0 Å². The normalized spacial score (nSPS) is 10.7. The van der Waals surface area contributed by atoms with E-state index in [9.17, 15) is 30.1 Å². The predicted octanol–water partition coefficient (Wildman–Crippen LogP) is 4.52. The van der Waals surface area contributed by atoms with Gasteiger partial charge in [-0.3, -0.25) is 30.0 Å². The number of phenolic OH excluding ortho intramolecular Hbond substituents is 1. The van der Waals surface area contributed by atoms with Crippen LogP contribution in [0, 0.1) is 27.2 Å². The van der Waals surface area contributed by atoms with Crippen molar-refractivity contribution in [2.24, 2.45) is 4.99 Å². The molecular formula is C21H16N4O6. The average molecular weight is 420 g/mol. The number of benzene rings is 3. The van der Waals surface area contributed by atoms with Crippen LogP contribution in [0.4, 0.5) is 22.7 Å². The lowest BCUT2D eigenvalue weighted by Gasteiger charge is -2.08. The second-order valence-corrected chi connectivity index (χ2v) is 6.49. The molecule has 0 saturated heterocycles. The topological polar surface area (TPSA) is 148 Å². The highest BCUT2D eigenvalue weighted by Crippen LogP contribution is 2.33. The van der Waals surface area contributed by atoms with Gasteiger partial charge < -0.3 is 10.4 Å². The van der Waals surface area contributed by atoms with Gasteiger partial charge >= 0.3 is 5.69 Å². The van der Waals surface area contributed by atoms with E-state index in [4.69, 9.17) is 0 Å². The third-order valence-corrected chi connectivity index (χ3v) is 4.36. The number of anilines is 1. The first-order chi connectivity index (χ1) is 14.8. The van der Waals surface area contributed by atoms with E-state index in [1.165, 1.54) is 0 Å². The van der Waals surface area contributed by atoms with Gasteiger partial charge in [-0.15, -0.1) is 0 Å². The molecule has 0 heterocycles. The van der Waals surface area contributed by atoms with Crippen LogP contribution in [0.25, 0.3) is 0 Å². The Hall–Kier alpha value is -4.60. The monoisotopic (exact) mass is 420 g/mol. The maximum Gasteiger partial charge on any atom is 0.318 e. The fraction of sp³-hybridized carbons (Fsp3) is 0.0476. The van der Waals surface area contributed by atoms with Crippen LogP contribution in [-0.2, 0) is 0 Å². The fourth-order valence-corrected chi connectivity index (χ4v) is 2.80. The van der Waals surface area contributed by atoms with Crippen LogP contribution in [0.3, 0.4) is 0 Å². The number of nitro benzene ring substituents is 2. The Bertz CT molecular complexity index is 1220. The highest BCUT2D eigenvalue weighted by atomic mass is 16.6. The smallest absolute Gasteiger partial charge is 0.318 e. The van der Waals surface area contributed by atoms with Crippen molar-refractivity contribution in [3.8, 4) is 5.75 Å². The van der Waals surface area contributed by atoms with Crippen LogP contribution >= 0.6 is 0 Å². The van der Waals surface area contributed by atoms with Crippen LogP contribution in [0.1, 0.15) is 21.5 Å². The van der Waals surface area contributed by atoms with Crippen LogP contribution in [0.5, 0.6) is 5.75 Å². The molecule has 0 aromatic heterocycles. The van der Waals surface area contributed by atoms with Gasteiger partial charge in [0.2, 0.25) is 5.75 Å². The van der Waals surface area contributed by atoms with Gasteiger partial charge in [-0.1, -0.05) is 24.3 Å². The number of amides is 1. The minimum atomic E-state index is -0.915. The number of nitrogens with zero attached hydrogens (tertiary/aromatic N) is 3. The molecule has 0 bridgehead atoms. The second-order valence-electron chi connectivity index (χ2n) is 6.49. The lowest BCUT2D eigenvalue weighted by atomic mass is 10.1. The Balaban J connectivity index is 1.87. The molecule has 3 aromatic carbocycles. The first kappa shape index (κ1) is 21.1. The first-order valence-corrected chi connectivity index (χ1v) is 8.93. The molecule has 0 aliphatic carbocycles. The summed E-state index contributed by atoms with van der Waals surface area (Å²) >= 11 is 0. The number of aromatic hydroxyl groups is 1. The van der Waals surface area contributed by atoms with Gasteiger partial charge in [0.25, 0.3) is 11.6 Å². The summed E-state index contributed by atoms with van der Waals surface area (Å²) in [5.41, 5.74) is 0.616. The lowest BCUT2D eigenvalue weighted by Crippen LogP contribution is -2.13. The summed E-state index contributed by atoms with van der Waals surface area (Å²) in [6, 6.07) is 15.2. The van der Waals surface area contributed by atoms with Crippen LogP contribution in [0.2, 0.25) is 0 Å². The van der Waals surface area contributed by atoms with E-state index in [0.717, 1.165) is 17.8 Å². The van der Waals surface area contributed by atoms with Crippen molar-refractivity contribution in [3.63, 3.8) is 0 Å². The highest BCUT2D eigenvalue weighted by molar-refractivity contribution is 6.05. The number of non-ortho nitro benzene ring substituents is 1. The molecule has 3 rings (SSSR count). The maximum absolute atomic E-state index is 12.5. The molecule has 0 aliphatic heterocycles. The molecule has 0 unspecified atom stereocenters. The van der Waals surface area contributed by atoms with Crippen LogP contribution in [0.15, 0.2) is 65.7 Å². The van der Waals surface area contributed by atoms with E-state index >= 15 is 0 Å². The SMILES string of the molecule is Cc1ccccc1C(=O)Nc1cccc(N=Cc2cc([N+](=O)[O-])cc([N+](=O)[O-])c2O)c1. The molecule has 3 aromatic rings. The average Bonchev–Trinajstić information content (AvgIpc) is 2.73. The van der Waals surface area contributed by atoms with E-state index in [1.54, 1.807) is 36.4 Å². The number of nitro groups is 2. The number of hydrogen-bond acceptors (Lipinski definition) is 7. The Morgan fingerprint density at radius 2 is 1.77 bits per heavy atom. The quantitative estimate of drug-likeness (QED) is 0.340. The fourth-order valence-electron chi connectivity index (χ4n) is 2.80. The zero-order chi connectivity index (χ0) is 22.5. The van der Waals surface area contributed by atoms with Crippen molar-refractivity contribution in [2.75, 3.05) is 5.32 Å². The third-order valence-electron chi connectivity index (χ3n) is 4.36. The Morgan fingerprint density at radius 1 is 1.03 bits per heavy atom.